The van der Waals surface area contributed by atoms with E-state index in [1.807, 2.05) is 13.0 Å². The highest BCUT2D eigenvalue weighted by Gasteiger charge is 2.38. The second-order valence-corrected chi connectivity index (χ2v) is 7.87. The van der Waals surface area contributed by atoms with Gasteiger partial charge < -0.3 is 4.74 Å². The summed E-state index contributed by atoms with van der Waals surface area (Å²) in [6, 6.07) is 0. The Balaban J connectivity index is 2.33. The molecule has 0 radical (unpaired) electrons. The Morgan fingerprint density at radius 1 is 1.33 bits per heavy atom. The molecule has 0 aromatic heterocycles. The van der Waals surface area contributed by atoms with Crippen molar-refractivity contribution in [1.82, 2.24) is 0 Å². The highest BCUT2D eigenvalue weighted by molar-refractivity contribution is 5.98. The Morgan fingerprint density at radius 2 is 2.04 bits per heavy atom. The van der Waals surface area contributed by atoms with E-state index in [-0.39, 0.29) is 23.3 Å². The third-order valence-electron chi connectivity index (χ3n) is 5.44. The lowest BCUT2D eigenvalue weighted by atomic mass is 9.64. The van der Waals surface area contributed by atoms with Crippen LogP contribution in [-0.4, -0.2) is 17.9 Å². The first-order valence-electron chi connectivity index (χ1n) is 8.95. The van der Waals surface area contributed by atoms with Crippen LogP contribution in [-0.2, 0) is 14.3 Å². The van der Waals surface area contributed by atoms with Crippen LogP contribution in [0.4, 0.5) is 0 Å². The van der Waals surface area contributed by atoms with Gasteiger partial charge in [-0.1, -0.05) is 37.6 Å². The largest absolute Gasteiger partial charge is 0.458 e. The molecule has 0 amide bonds. The molecule has 132 valence electrons. The summed E-state index contributed by atoms with van der Waals surface area (Å²) in [5.74, 6) is 0.407. The smallest absolute Gasteiger partial charge is 0.303 e. The van der Waals surface area contributed by atoms with Crippen molar-refractivity contribution in [2.45, 2.75) is 72.3 Å². The highest BCUT2D eigenvalue weighted by atomic mass is 16.5. The minimum atomic E-state index is -0.316. The minimum absolute atomic E-state index is 0.0790. The molecule has 3 nitrogen and oxygen atoms in total. The van der Waals surface area contributed by atoms with E-state index < -0.39 is 0 Å². The van der Waals surface area contributed by atoms with E-state index in [0.29, 0.717) is 18.8 Å². The quantitative estimate of drug-likeness (QED) is 0.506. The summed E-state index contributed by atoms with van der Waals surface area (Å²) in [4.78, 5) is 24.2. The fourth-order valence-electron chi connectivity index (χ4n) is 4.09. The number of ether oxygens (including phenoxy) is 1. The van der Waals surface area contributed by atoms with Crippen LogP contribution < -0.4 is 0 Å². The number of Topliss-reactive ketones (excluding diaryl/α,β-unsaturated/α-hetero) is 1. The molecule has 3 heteroatoms. The van der Waals surface area contributed by atoms with Crippen molar-refractivity contribution < 1.29 is 14.3 Å². The highest BCUT2D eigenvalue weighted by Crippen LogP contribution is 2.45. The van der Waals surface area contributed by atoms with Crippen LogP contribution in [0.15, 0.2) is 35.5 Å². The van der Waals surface area contributed by atoms with E-state index in [0.717, 1.165) is 42.4 Å². The first-order chi connectivity index (χ1) is 11.2. The van der Waals surface area contributed by atoms with Crippen molar-refractivity contribution in [2.75, 3.05) is 0 Å². The Morgan fingerprint density at radius 3 is 2.71 bits per heavy atom. The molecule has 0 saturated heterocycles. The summed E-state index contributed by atoms with van der Waals surface area (Å²) in [7, 11) is 0. The number of hydrogen-bond acceptors (Lipinski definition) is 3. The SMILES string of the molecule is C=C1CCC2CCC=C(C(=O)CC(C)=CC(OC(C)=O)C1)C2(C)C. The van der Waals surface area contributed by atoms with Gasteiger partial charge in [0.25, 0.3) is 0 Å². The van der Waals surface area contributed by atoms with E-state index in [1.54, 1.807) is 0 Å². The van der Waals surface area contributed by atoms with E-state index in [4.69, 9.17) is 4.74 Å². The molecule has 0 fully saturated rings. The molecule has 24 heavy (non-hydrogen) atoms. The minimum Gasteiger partial charge on any atom is -0.458 e. The molecule has 0 aliphatic heterocycles. The zero-order chi connectivity index (χ0) is 17.9. The molecular weight excluding hydrogens is 300 g/mol. The molecule has 0 N–H and O–H groups in total. The third-order valence-corrected chi connectivity index (χ3v) is 5.44. The van der Waals surface area contributed by atoms with Gasteiger partial charge in [-0.25, -0.2) is 0 Å². The van der Waals surface area contributed by atoms with Gasteiger partial charge in [0, 0.05) is 19.8 Å². The molecule has 0 spiro atoms. The van der Waals surface area contributed by atoms with E-state index in [9.17, 15) is 9.59 Å². The van der Waals surface area contributed by atoms with Gasteiger partial charge in [-0.15, -0.1) is 0 Å². The molecule has 0 aromatic carbocycles. The van der Waals surface area contributed by atoms with Gasteiger partial charge in [-0.3, -0.25) is 9.59 Å². The van der Waals surface area contributed by atoms with Gasteiger partial charge in [0.05, 0.1) is 0 Å². The molecule has 2 aliphatic carbocycles. The normalized spacial score (nSPS) is 28.2. The van der Waals surface area contributed by atoms with Crippen LogP contribution in [0, 0.1) is 11.3 Å². The summed E-state index contributed by atoms with van der Waals surface area (Å²) < 4.78 is 5.40. The number of carbonyl (C=O) groups is 2. The lowest BCUT2D eigenvalue weighted by molar-refractivity contribution is -0.144. The fourth-order valence-corrected chi connectivity index (χ4v) is 4.09. The van der Waals surface area contributed by atoms with Crippen LogP contribution in [0.3, 0.4) is 0 Å². The summed E-state index contributed by atoms with van der Waals surface area (Å²) in [6.07, 6.45) is 8.83. The standard InChI is InChI=1S/C21H30O3/c1-14-9-10-17-7-6-8-19(21(17,4)5)20(23)13-15(2)12-18(11-14)24-16(3)22/h8,12,17-18H,1,6-7,9-11,13H2,2-5H3. The molecule has 0 aromatic rings. The molecule has 2 bridgehead atoms. The first-order valence-corrected chi connectivity index (χ1v) is 8.95. The lowest BCUT2D eigenvalue weighted by Gasteiger charge is -2.40. The van der Waals surface area contributed by atoms with Gasteiger partial charge in [-0.2, -0.15) is 0 Å². The van der Waals surface area contributed by atoms with Crippen molar-refractivity contribution in [3.63, 3.8) is 0 Å². The van der Waals surface area contributed by atoms with Crippen molar-refractivity contribution in [1.29, 1.82) is 0 Å². The number of hydrogen-bond donors (Lipinski definition) is 0. The summed E-state index contributed by atoms with van der Waals surface area (Å²) in [5.41, 5.74) is 2.97. The van der Waals surface area contributed by atoms with Crippen LogP contribution in [0.25, 0.3) is 0 Å². The van der Waals surface area contributed by atoms with Gasteiger partial charge in [0.15, 0.2) is 5.78 Å². The predicted molar refractivity (Wildman–Crippen MR) is 96.5 cm³/mol. The summed E-state index contributed by atoms with van der Waals surface area (Å²) in [5, 5.41) is 0. The van der Waals surface area contributed by atoms with Crippen LogP contribution in [0.2, 0.25) is 0 Å². The Labute approximate surface area is 145 Å². The van der Waals surface area contributed by atoms with Crippen molar-refractivity contribution in [3.8, 4) is 0 Å². The maximum atomic E-state index is 12.8. The third kappa shape index (κ3) is 4.46. The molecule has 2 rings (SSSR count). The molecule has 2 atom stereocenters. The number of ketones is 1. The number of rotatable bonds is 1. The Kier molecular flexibility index (Phi) is 5.84. The number of carbonyl (C=O) groups excluding carboxylic acids is 2. The second kappa shape index (κ2) is 7.50. The number of esters is 1. The topological polar surface area (TPSA) is 43.4 Å². The summed E-state index contributed by atoms with van der Waals surface area (Å²) >= 11 is 0. The molecule has 0 heterocycles. The molecule has 0 saturated carbocycles. The first kappa shape index (κ1) is 18.7. The van der Waals surface area contributed by atoms with Crippen molar-refractivity contribution >= 4 is 11.8 Å². The zero-order valence-corrected chi connectivity index (χ0v) is 15.5. The Hall–Kier alpha value is -1.64. The number of allylic oxidation sites excluding steroid dienone is 3. The van der Waals surface area contributed by atoms with Crippen LogP contribution >= 0.6 is 0 Å². The Bertz CT molecular complexity index is 592. The van der Waals surface area contributed by atoms with Gasteiger partial charge in [-0.05, 0) is 55.6 Å². The maximum absolute atomic E-state index is 12.8. The predicted octanol–water partition coefficient (Wildman–Crippen LogP) is 4.93. The van der Waals surface area contributed by atoms with E-state index in [2.05, 4.69) is 26.5 Å². The summed E-state index contributed by atoms with van der Waals surface area (Å²) in [6.45, 7) is 12.0. The zero-order valence-electron chi connectivity index (χ0n) is 15.5. The molecule has 2 aliphatic rings. The maximum Gasteiger partial charge on any atom is 0.303 e. The molecule has 2 unspecified atom stereocenters. The molecular formula is C21H30O3. The van der Waals surface area contributed by atoms with Gasteiger partial charge >= 0.3 is 5.97 Å². The van der Waals surface area contributed by atoms with E-state index in [1.165, 1.54) is 6.92 Å². The monoisotopic (exact) mass is 330 g/mol. The average molecular weight is 330 g/mol. The van der Waals surface area contributed by atoms with Crippen molar-refractivity contribution in [2.24, 2.45) is 11.3 Å². The fraction of sp³-hybridized carbons (Fsp3) is 0.619. The van der Waals surface area contributed by atoms with Gasteiger partial charge in [0.1, 0.15) is 6.10 Å². The second-order valence-electron chi connectivity index (χ2n) is 7.87. The van der Waals surface area contributed by atoms with Crippen LogP contribution in [0.1, 0.15) is 66.2 Å². The number of fused-ring (bicyclic) bond motifs is 2. The van der Waals surface area contributed by atoms with Crippen molar-refractivity contribution in [3.05, 3.63) is 35.5 Å². The lowest BCUT2D eigenvalue weighted by Crippen LogP contribution is -2.33. The average Bonchev–Trinajstić information content (AvgIpc) is 2.43. The van der Waals surface area contributed by atoms with Gasteiger partial charge in [0.2, 0.25) is 0 Å². The van der Waals surface area contributed by atoms with E-state index >= 15 is 0 Å². The van der Waals surface area contributed by atoms with Crippen LogP contribution in [0.5, 0.6) is 0 Å².